The molecule has 5 nitrogen and oxygen atoms in total. The Kier molecular flexibility index (Phi) is 3.90. The van der Waals surface area contributed by atoms with Crippen molar-refractivity contribution in [2.75, 3.05) is 19.7 Å². The molecule has 3 rings (SSSR count). The lowest BCUT2D eigenvalue weighted by atomic mass is 9.95. The van der Waals surface area contributed by atoms with Crippen LogP contribution >= 0.6 is 0 Å². The summed E-state index contributed by atoms with van der Waals surface area (Å²) in [6.45, 7) is 3.12. The molecule has 5 heteroatoms. The first-order valence-corrected chi connectivity index (χ1v) is 7.06. The number of rotatable bonds is 4. The molecule has 2 aliphatic heterocycles. The molecule has 0 aliphatic carbocycles. The maximum atomic E-state index is 5.55. The van der Waals surface area contributed by atoms with Gasteiger partial charge in [-0.15, -0.1) is 0 Å². The normalized spacial score (nSPS) is 28.7. The molecule has 3 heterocycles. The zero-order chi connectivity index (χ0) is 12.2. The zero-order valence-electron chi connectivity index (χ0n) is 10.7. The van der Waals surface area contributed by atoms with E-state index in [1.54, 1.807) is 0 Å². The van der Waals surface area contributed by atoms with Gasteiger partial charge in [0.25, 0.3) is 0 Å². The zero-order valence-corrected chi connectivity index (χ0v) is 10.7. The third kappa shape index (κ3) is 2.90. The van der Waals surface area contributed by atoms with Crippen molar-refractivity contribution in [2.45, 2.75) is 44.6 Å². The van der Waals surface area contributed by atoms with Crippen LogP contribution in [0.3, 0.4) is 0 Å². The van der Waals surface area contributed by atoms with Crippen LogP contribution in [0.15, 0.2) is 4.52 Å². The molecule has 0 spiro atoms. The third-order valence-electron chi connectivity index (χ3n) is 3.87. The minimum absolute atomic E-state index is 0.0684. The summed E-state index contributed by atoms with van der Waals surface area (Å²) in [5.41, 5.74) is 0. The summed E-state index contributed by atoms with van der Waals surface area (Å²) in [5, 5.41) is 7.47. The van der Waals surface area contributed by atoms with Crippen LogP contribution in [0.1, 0.15) is 49.9 Å². The summed E-state index contributed by atoms with van der Waals surface area (Å²) in [6, 6.07) is 0. The smallest absolute Gasteiger partial charge is 0.226 e. The lowest BCUT2D eigenvalue weighted by Crippen LogP contribution is -2.29. The molecule has 2 aliphatic rings. The van der Waals surface area contributed by atoms with Crippen LogP contribution in [0.2, 0.25) is 0 Å². The Bertz CT molecular complexity index is 368. The van der Waals surface area contributed by atoms with Crippen molar-refractivity contribution in [3.8, 4) is 0 Å². The predicted molar refractivity (Wildman–Crippen MR) is 66.1 cm³/mol. The van der Waals surface area contributed by atoms with Gasteiger partial charge in [0, 0.05) is 13.0 Å². The van der Waals surface area contributed by atoms with Gasteiger partial charge >= 0.3 is 0 Å². The molecule has 2 fully saturated rings. The van der Waals surface area contributed by atoms with Gasteiger partial charge in [-0.25, -0.2) is 0 Å². The number of piperidine rings is 1. The van der Waals surface area contributed by atoms with E-state index in [-0.39, 0.29) is 6.10 Å². The Balaban J connectivity index is 1.50. The molecule has 2 unspecified atom stereocenters. The van der Waals surface area contributed by atoms with Crippen molar-refractivity contribution in [3.63, 3.8) is 0 Å². The average Bonchev–Trinajstić information content (AvgIpc) is 3.08. The van der Waals surface area contributed by atoms with Crippen molar-refractivity contribution in [1.29, 1.82) is 0 Å². The predicted octanol–water partition coefficient (Wildman–Crippen LogP) is 1.85. The molecular formula is C13H21N3O2. The van der Waals surface area contributed by atoms with Crippen molar-refractivity contribution >= 4 is 0 Å². The minimum atomic E-state index is 0.0684. The molecule has 0 amide bonds. The van der Waals surface area contributed by atoms with E-state index < -0.39 is 0 Å². The van der Waals surface area contributed by atoms with Crippen molar-refractivity contribution in [1.82, 2.24) is 15.5 Å². The maximum absolute atomic E-state index is 5.55. The minimum Gasteiger partial charge on any atom is -0.370 e. The Morgan fingerprint density at radius 1 is 1.28 bits per heavy atom. The van der Waals surface area contributed by atoms with Gasteiger partial charge < -0.3 is 14.6 Å². The molecule has 0 saturated carbocycles. The molecule has 0 aromatic carbocycles. The van der Waals surface area contributed by atoms with E-state index >= 15 is 0 Å². The van der Waals surface area contributed by atoms with Crippen LogP contribution in [0, 0.1) is 5.92 Å². The van der Waals surface area contributed by atoms with Gasteiger partial charge in [-0.2, -0.15) is 4.98 Å². The van der Waals surface area contributed by atoms with Gasteiger partial charge in [0.1, 0.15) is 6.10 Å². The number of aromatic nitrogens is 2. The first kappa shape index (κ1) is 12.1. The van der Waals surface area contributed by atoms with E-state index in [9.17, 15) is 0 Å². The highest BCUT2D eigenvalue weighted by molar-refractivity contribution is 4.93. The van der Waals surface area contributed by atoms with E-state index in [0.717, 1.165) is 56.5 Å². The molecule has 0 radical (unpaired) electrons. The summed E-state index contributed by atoms with van der Waals surface area (Å²) in [6.07, 6.45) is 6.83. The highest BCUT2D eigenvalue weighted by Crippen LogP contribution is 2.26. The first-order valence-electron chi connectivity index (χ1n) is 7.06. The van der Waals surface area contributed by atoms with Gasteiger partial charge in [0.05, 0.1) is 0 Å². The maximum Gasteiger partial charge on any atom is 0.226 e. The Labute approximate surface area is 107 Å². The van der Waals surface area contributed by atoms with E-state index in [1.807, 2.05) is 0 Å². The monoisotopic (exact) mass is 251 g/mol. The first-order chi connectivity index (χ1) is 8.92. The fourth-order valence-corrected chi connectivity index (χ4v) is 2.78. The summed E-state index contributed by atoms with van der Waals surface area (Å²) >= 11 is 0. The Morgan fingerprint density at radius 2 is 2.28 bits per heavy atom. The number of nitrogens with one attached hydrogen (secondary N) is 1. The Morgan fingerprint density at radius 3 is 3.06 bits per heavy atom. The summed E-state index contributed by atoms with van der Waals surface area (Å²) in [5.74, 6) is 2.27. The third-order valence-corrected chi connectivity index (χ3v) is 3.87. The van der Waals surface area contributed by atoms with E-state index in [0.29, 0.717) is 0 Å². The van der Waals surface area contributed by atoms with Crippen molar-refractivity contribution in [3.05, 3.63) is 11.7 Å². The van der Waals surface area contributed by atoms with Crippen LogP contribution in [0.25, 0.3) is 0 Å². The van der Waals surface area contributed by atoms with Gasteiger partial charge in [0.15, 0.2) is 0 Å². The number of ether oxygens (including phenoxy) is 1. The number of aryl methyl sites for hydroxylation is 1. The van der Waals surface area contributed by atoms with Crippen LogP contribution < -0.4 is 5.32 Å². The lowest BCUT2D eigenvalue weighted by molar-refractivity contribution is 0.103. The van der Waals surface area contributed by atoms with Crippen LogP contribution in [-0.4, -0.2) is 29.8 Å². The second-order valence-electron chi connectivity index (χ2n) is 5.30. The van der Waals surface area contributed by atoms with Gasteiger partial charge in [-0.05, 0) is 51.1 Å². The SMILES string of the molecule is C1CNCC(CCc2nc(C3CCCO3)no2)C1. The van der Waals surface area contributed by atoms with Gasteiger partial charge in [-0.3, -0.25) is 0 Å². The quantitative estimate of drug-likeness (QED) is 0.885. The van der Waals surface area contributed by atoms with Gasteiger partial charge in [-0.1, -0.05) is 5.16 Å². The fourth-order valence-electron chi connectivity index (χ4n) is 2.78. The molecule has 1 aromatic heterocycles. The van der Waals surface area contributed by atoms with Crippen LogP contribution in [0.5, 0.6) is 0 Å². The van der Waals surface area contributed by atoms with E-state index in [1.165, 1.54) is 19.4 Å². The van der Waals surface area contributed by atoms with E-state index in [4.69, 9.17) is 9.26 Å². The molecular weight excluding hydrogens is 230 g/mol. The summed E-state index contributed by atoms with van der Waals surface area (Å²) < 4.78 is 10.9. The number of hydrogen-bond acceptors (Lipinski definition) is 5. The van der Waals surface area contributed by atoms with Crippen LogP contribution in [0.4, 0.5) is 0 Å². The van der Waals surface area contributed by atoms with Crippen LogP contribution in [-0.2, 0) is 11.2 Å². The Hall–Kier alpha value is -0.940. The molecule has 18 heavy (non-hydrogen) atoms. The highest BCUT2D eigenvalue weighted by atomic mass is 16.5. The second-order valence-corrected chi connectivity index (χ2v) is 5.30. The molecule has 2 saturated heterocycles. The van der Waals surface area contributed by atoms with Crippen molar-refractivity contribution in [2.24, 2.45) is 5.92 Å². The largest absolute Gasteiger partial charge is 0.370 e. The van der Waals surface area contributed by atoms with Gasteiger partial charge in [0.2, 0.25) is 11.7 Å². The topological polar surface area (TPSA) is 60.2 Å². The molecule has 0 bridgehead atoms. The molecule has 1 N–H and O–H groups in total. The van der Waals surface area contributed by atoms with E-state index in [2.05, 4.69) is 15.5 Å². The molecule has 100 valence electrons. The standard InChI is InChI=1S/C13H21N3O2/c1-3-10(9-14-7-1)5-6-12-15-13(16-18-12)11-4-2-8-17-11/h10-11,14H,1-9H2. The molecule has 2 atom stereocenters. The summed E-state index contributed by atoms with van der Waals surface area (Å²) in [7, 11) is 0. The molecule has 1 aromatic rings. The lowest BCUT2D eigenvalue weighted by Gasteiger charge is -2.21. The van der Waals surface area contributed by atoms with Crippen molar-refractivity contribution < 1.29 is 9.26 Å². The summed E-state index contributed by atoms with van der Waals surface area (Å²) in [4.78, 5) is 4.45. The number of nitrogens with zero attached hydrogens (tertiary/aromatic N) is 2. The highest BCUT2D eigenvalue weighted by Gasteiger charge is 2.23. The second kappa shape index (κ2) is 5.80. The fraction of sp³-hybridized carbons (Fsp3) is 0.846. The average molecular weight is 251 g/mol. The number of hydrogen-bond donors (Lipinski definition) is 1.